The summed E-state index contributed by atoms with van der Waals surface area (Å²) in [5.74, 6) is -0.788. The van der Waals surface area contributed by atoms with Gasteiger partial charge in [0.25, 0.3) is 0 Å². The largest absolute Gasteiger partial charge is 0.478 e. The average Bonchev–Trinajstić information content (AvgIpc) is 3.32. The van der Waals surface area contributed by atoms with Gasteiger partial charge in [-0.15, -0.1) is 0 Å². The van der Waals surface area contributed by atoms with Gasteiger partial charge in [-0.25, -0.2) is 9.78 Å². The van der Waals surface area contributed by atoms with Crippen molar-refractivity contribution in [2.24, 2.45) is 0 Å². The first kappa shape index (κ1) is 19.9. The number of nitriles is 1. The molecule has 0 fully saturated rings. The molecule has 0 saturated heterocycles. The standard InChI is InChI=1S/C25H18N2O4/c1-16-9-11-17(12-10-16)21-14-19(22-8-5-13-30-22)20(15-26)24(27-21)31-23(25(28)29)18-6-3-2-4-7-18/h2-14,23H,1H3,(H,28,29). The second-order valence-corrected chi connectivity index (χ2v) is 6.94. The number of aryl methyl sites for hydroxylation is 1. The minimum Gasteiger partial charge on any atom is -0.478 e. The number of carboxylic acids is 1. The first-order valence-corrected chi connectivity index (χ1v) is 9.57. The van der Waals surface area contributed by atoms with Crippen LogP contribution in [0, 0.1) is 18.3 Å². The molecule has 0 bridgehead atoms. The highest BCUT2D eigenvalue weighted by atomic mass is 16.5. The normalized spacial score (nSPS) is 11.5. The Morgan fingerprint density at radius 1 is 1.10 bits per heavy atom. The Labute approximate surface area is 179 Å². The van der Waals surface area contributed by atoms with Gasteiger partial charge in [0.15, 0.2) is 0 Å². The van der Waals surface area contributed by atoms with Crippen molar-refractivity contribution >= 4 is 5.97 Å². The highest BCUT2D eigenvalue weighted by Gasteiger charge is 2.26. The summed E-state index contributed by atoms with van der Waals surface area (Å²) in [5, 5.41) is 19.6. The molecular formula is C25H18N2O4. The molecule has 31 heavy (non-hydrogen) atoms. The maximum atomic E-state index is 12.0. The number of carbonyl (C=O) groups is 1. The summed E-state index contributed by atoms with van der Waals surface area (Å²) in [5.41, 5.74) is 3.46. The fraction of sp³-hybridized carbons (Fsp3) is 0.0800. The Bertz CT molecular complexity index is 1240. The zero-order chi connectivity index (χ0) is 21.8. The van der Waals surface area contributed by atoms with Crippen molar-refractivity contribution < 1.29 is 19.1 Å². The zero-order valence-corrected chi connectivity index (χ0v) is 16.6. The van der Waals surface area contributed by atoms with Gasteiger partial charge in [0.1, 0.15) is 17.4 Å². The van der Waals surface area contributed by atoms with Gasteiger partial charge in [0.05, 0.1) is 12.0 Å². The van der Waals surface area contributed by atoms with E-state index in [4.69, 9.17) is 9.15 Å². The van der Waals surface area contributed by atoms with Gasteiger partial charge in [-0.1, -0.05) is 60.2 Å². The number of furan rings is 1. The zero-order valence-electron chi connectivity index (χ0n) is 16.6. The van der Waals surface area contributed by atoms with Gasteiger partial charge in [0.2, 0.25) is 12.0 Å². The molecule has 0 spiro atoms. The molecule has 6 heteroatoms. The number of pyridine rings is 1. The molecule has 2 aromatic heterocycles. The van der Waals surface area contributed by atoms with E-state index in [-0.39, 0.29) is 11.4 Å². The van der Waals surface area contributed by atoms with Crippen LogP contribution >= 0.6 is 0 Å². The van der Waals surface area contributed by atoms with Crippen LogP contribution in [-0.2, 0) is 4.79 Å². The summed E-state index contributed by atoms with van der Waals surface area (Å²) < 4.78 is 11.3. The third-order valence-corrected chi connectivity index (χ3v) is 4.79. The van der Waals surface area contributed by atoms with Crippen LogP contribution < -0.4 is 4.74 Å². The van der Waals surface area contributed by atoms with E-state index in [1.807, 2.05) is 31.2 Å². The number of rotatable bonds is 6. The lowest BCUT2D eigenvalue weighted by atomic mass is 10.0. The summed E-state index contributed by atoms with van der Waals surface area (Å²) in [6.45, 7) is 1.98. The molecule has 4 aromatic rings. The van der Waals surface area contributed by atoms with E-state index < -0.39 is 12.1 Å². The predicted molar refractivity (Wildman–Crippen MR) is 114 cm³/mol. The third kappa shape index (κ3) is 4.16. The van der Waals surface area contributed by atoms with Crippen LogP contribution in [0.5, 0.6) is 5.88 Å². The van der Waals surface area contributed by atoms with Crippen LogP contribution in [0.2, 0.25) is 0 Å². The SMILES string of the molecule is Cc1ccc(-c2cc(-c3ccco3)c(C#N)c(OC(C(=O)O)c3ccccc3)n2)cc1. The lowest BCUT2D eigenvalue weighted by Gasteiger charge is -2.17. The van der Waals surface area contributed by atoms with E-state index in [1.165, 1.54) is 6.26 Å². The first-order chi connectivity index (χ1) is 15.1. The fourth-order valence-electron chi connectivity index (χ4n) is 3.21. The molecule has 1 unspecified atom stereocenters. The molecule has 0 amide bonds. The first-order valence-electron chi connectivity index (χ1n) is 9.57. The maximum absolute atomic E-state index is 12.0. The molecule has 2 aromatic carbocycles. The molecule has 2 heterocycles. The van der Waals surface area contributed by atoms with E-state index in [0.717, 1.165) is 11.1 Å². The van der Waals surface area contributed by atoms with Gasteiger partial charge >= 0.3 is 5.97 Å². The quantitative estimate of drug-likeness (QED) is 0.458. The van der Waals surface area contributed by atoms with Crippen LogP contribution in [0.1, 0.15) is 22.8 Å². The molecule has 6 nitrogen and oxygen atoms in total. The topological polar surface area (TPSA) is 96.3 Å². The molecule has 0 aliphatic heterocycles. The molecule has 4 rings (SSSR count). The highest BCUT2D eigenvalue weighted by Crippen LogP contribution is 2.35. The minimum absolute atomic E-state index is 0.0665. The van der Waals surface area contributed by atoms with Crippen molar-refractivity contribution in [3.05, 3.63) is 95.7 Å². The molecule has 1 N–H and O–H groups in total. The van der Waals surface area contributed by atoms with Gasteiger partial charge in [0, 0.05) is 16.7 Å². The second kappa shape index (κ2) is 8.56. The third-order valence-electron chi connectivity index (χ3n) is 4.79. The van der Waals surface area contributed by atoms with Crippen molar-refractivity contribution in [1.82, 2.24) is 4.98 Å². The Hall–Kier alpha value is -4.37. The Morgan fingerprint density at radius 3 is 2.45 bits per heavy atom. The van der Waals surface area contributed by atoms with Gasteiger partial charge in [-0.2, -0.15) is 5.26 Å². The molecule has 0 aliphatic carbocycles. The summed E-state index contributed by atoms with van der Waals surface area (Å²) in [6.07, 6.45) is 0.186. The number of hydrogen-bond donors (Lipinski definition) is 1. The molecule has 0 aliphatic rings. The summed E-state index contributed by atoms with van der Waals surface area (Å²) in [6, 6.07) is 23.5. The van der Waals surface area contributed by atoms with Crippen LogP contribution in [0.4, 0.5) is 0 Å². The van der Waals surface area contributed by atoms with Crippen LogP contribution in [0.25, 0.3) is 22.6 Å². The van der Waals surface area contributed by atoms with Gasteiger partial charge in [-0.05, 0) is 25.1 Å². The van der Waals surface area contributed by atoms with Crippen molar-refractivity contribution in [3.8, 4) is 34.5 Å². The van der Waals surface area contributed by atoms with Crippen molar-refractivity contribution in [3.63, 3.8) is 0 Å². The number of hydrogen-bond acceptors (Lipinski definition) is 5. The average molecular weight is 410 g/mol. The van der Waals surface area contributed by atoms with Crippen molar-refractivity contribution in [2.45, 2.75) is 13.0 Å². The van der Waals surface area contributed by atoms with Crippen LogP contribution in [0.15, 0.2) is 83.5 Å². The van der Waals surface area contributed by atoms with E-state index >= 15 is 0 Å². The molecule has 0 radical (unpaired) electrons. The molecule has 0 saturated carbocycles. The smallest absolute Gasteiger partial charge is 0.349 e. The van der Waals surface area contributed by atoms with Gasteiger partial charge < -0.3 is 14.3 Å². The summed E-state index contributed by atoms with van der Waals surface area (Å²) >= 11 is 0. The number of nitrogens with zero attached hydrogens (tertiary/aromatic N) is 2. The summed E-state index contributed by atoms with van der Waals surface area (Å²) in [4.78, 5) is 16.5. The van der Waals surface area contributed by atoms with Crippen molar-refractivity contribution in [1.29, 1.82) is 5.26 Å². The van der Waals surface area contributed by atoms with Crippen LogP contribution in [0.3, 0.4) is 0 Å². The Balaban J connectivity index is 1.88. The number of carboxylic acid groups (broad SMARTS) is 1. The number of ether oxygens (including phenoxy) is 1. The Morgan fingerprint density at radius 2 is 1.84 bits per heavy atom. The summed E-state index contributed by atoms with van der Waals surface area (Å²) in [7, 11) is 0. The number of aliphatic carboxylic acids is 1. The maximum Gasteiger partial charge on any atom is 0.349 e. The fourth-order valence-corrected chi connectivity index (χ4v) is 3.21. The van der Waals surface area contributed by atoms with E-state index in [1.54, 1.807) is 48.5 Å². The number of benzene rings is 2. The lowest BCUT2D eigenvalue weighted by Crippen LogP contribution is -2.19. The second-order valence-electron chi connectivity index (χ2n) is 6.94. The van der Waals surface area contributed by atoms with Crippen molar-refractivity contribution in [2.75, 3.05) is 0 Å². The van der Waals surface area contributed by atoms with Gasteiger partial charge in [-0.3, -0.25) is 0 Å². The highest BCUT2D eigenvalue weighted by molar-refractivity contribution is 5.77. The molecule has 152 valence electrons. The lowest BCUT2D eigenvalue weighted by molar-refractivity contribution is -0.145. The predicted octanol–water partition coefficient (Wildman–Crippen LogP) is 5.39. The van der Waals surface area contributed by atoms with E-state index in [2.05, 4.69) is 11.1 Å². The van der Waals surface area contributed by atoms with E-state index in [0.29, 0.717) is 22.6 Å². The van der Waals surface area contributed by atoms with E-state index in [9.17, 15) is 15.2 Å². The number of aromatic nitrogens is 1. The minimum atomic E-state index is -1.32. The Kier molecular flexibility index (Phi) is 5.50. The van der Waals surface area contributed by atoms with Crippen LogP contribution in [-0.4, -0.2) is 16.1 Å². The molecular weight excluding hydrogens is 392 g/mol. The monoisotopic (exact) mass is 410 g/mol. The molecule has 1 atom stereocenters.